The smallest absolute Gasteiger partial charge is 0.125 e. The summed E-state index contributed by atoms with van der Waals surface area (Å²) < 4.78 is 13.7. The average Bonchev–Trinajstić information content (AvgIpc) is 2.70. The van der Waals surface area contributed by atoms with Gasteiger partial charge in [-0.25, -0.2) is 4.39 Å². The number of hydrogen-bond acceptors (Lipinski definition) is 1. The Morgan fingerprint density at radius 1 is 0.630 bits per heavy atom. The van der Waals surface area contributed by atoms with Crippen LogP contribution in [0.5, 0.6) is 0 Å². The molecule has 132 valence electrons. The van der Waals surface area contributed by atoms with Crippen LogP contribution in [0.3, 0.4) is 0 Å². The molecule has 1 N–H and O–H groups in total. The van der Waals surface area contributed by atoms with Crippen LogP contribution >= 0.6 is 11.6 Å². The molecule has 4 aromatic rings. The number of anilines is 2. The van der Waals surface area contributed by atoms with Gasteiger partial charge < -0.3 is 5.32 Å². The van der Waals surface area contributed by atoms with Crippen LogP contribution in [0.2, 0.25) is 5.02 Å². The van der Waals surface area contributed by atoms with Crippen LogP contribution in [0.25, 0.3) is 22.3 Å². The molecule has 0 saturated carbocycles. The highest BCUT2D eigenvalue weighted by molar-refractivity contribution is 6.31. The van der Waals surface area contributed by atoms with Crippen LogP contribution in [0.15, 0.2) is 97.1 Å². The lowest BCUT2D eigenvalue weighted by Gasteiger charge is -2.18. The molecular weight excluding hydrogens is 357 g/mol. The molecule has 0 atom stereocenters. The third kappa shape index (κ3) is 3.86. The van der Waals surface area contributed by atoms with Crippen LogP contribution in [-0.4, -0.2) is 0 Å². The second-order valence-electron chi connectivity index (χ2n) is 6.24. The summed E-state index contributed by atoms with van der Waals surface area (Å²) in [4.78, 5) is 0. The van der Waals surface area contributed by atoms with E-state index in [0.717, 1.165) is 27.9 Å². The molecule has 4 rings (SSSR count). The van der Waals surface area contributed by atoms with E-state index in [2.05, 4.69) is 5.32 Å². The van der Waals surface area contributed by atoms with Gasteiger partial charge in [0.05, 0.1) is 5.69 Å². The van der Waals surface area contributed by atoms with Crippen molar-refractivity contribution in [2.24, 2.45) is 0 Å². The van der Waals surface area contributed by atoms with Crippen molar-refractivity contribution in [3.05, 3.63) is 108 Å². The van der Waals surface area contributed by atoms with Crippen molar-refractivity contribution in [3.63, 3.8) is 0 Å². The third-order valence-corrected chi connectivity index (χ3v) is 4.58. The second-order valence-corrected chi connectivity index (χ2v) is 6.68. The fourth-order valence-electron chi connectivity index (χ4n) is 3.14. The zero-order valence-corrected chi connectivity index (χ0v) is 15.2. The minimum Gasteiger partial charge on any atom is -0.354 e. The Balaban J connectivity index is 1.94. The first-order valence-electron chi connectivity index (χ1n) is 8.68. The Morgan fingerprint density at radius 3 is 1.70 bits per heavy atom. The van der Waals surface area contributed by atoms with Gasteiger partial charge in [-0.2, -0.15) is 0 Å². The molecule has 27 heavy (non-hydrogen) atoms. The molecule has 0 heterocycles. The molecule has 0 aromatic heterocycles. The van der Waals surface area contributed by atoms with Crippen molar-refractivity contribution < 1.29 is 4.39 Å². The van der Waals surface area contributed by atoms with E-state index in [1.807, 2.05) is 78.9 Å². The highest BCUT2D eigenvalue weighted by Gasteiger charge is 2.14. The molecular formula is C24H17ClFN. The fourth-order valence-corrected chi connectivity index (χ4v) is 3.36. The van der Waals surface area contributed by atoms with Gasteiger partial charge in [-0.3, -0.25) is 0 Å². The maximum Gasteiger partial charge on any atom is 0.125 e. The second kappa shape index (κ2) is 7.65. The Kier molecular flexibility index (Phi) is 4.91. The molecule has 1 nitrogen and oxygen atoms in total. The standard InChI is InChI=1S/C24H17ClFN/c25-19-14-22(17-8-3-1-4-9-17)24(27-21-13-7-12-20(26)16-21)23(15-19)18-10-5-2-6-11-18/h1-16,27H. The van der Waals surface area contributed by atoms with Gasteiger partial charge in [-0.1, -0.05) is 78.3 Å². The SMILES string of the molecule is Fc1cccc(Nc2c(-c3ccccc3)cc(Cl)cc2-c2ccccc2)c1. The molecule has 3 heteroatoms. The van der Waals surface area contributed by atoms with Crippen LogP contribution in [0, 0.1) is 5.82 Å². The molecule has 0 radical (unpaired) electrons. The van der Waals surface area contributed by atoms with E-state index in [-0.39, 0.29) is 5.82 Å². The van der Waals surface area contributed by atoms with Gasteiger partial charge in [0.25, 0.3) is 0 Å². The van der Waals surface area contributed by atoms with Crippen molar-refractivity contribution in [2.45, 2.75) is 0 Å². The Bertz CT molecular complexity index is 1000. The number of halogens is 2. The summed E-state index contributed by atoms with van der Waals surface area (Å²) in [6.45, 7) is 0. The molecule has 0 saturated heterocycles. The Labute approximate surface area is 163 Å². The Morgan fingerprint density at radius 2 is 1.19 bits per heavy atom. The summed E-state index contributed by atoms with van der Waals surface area (Å²) in [5.74, 6) is -0.281. The summed E-state index contributed by atoms with van der Waals surface area (Å²) in [7, 11) is 0. The molecule has 0 aliphatic heterocycles. The van der Waals surface area contributed by atoms with Crippen LogP contribution < -0.4 is 5.32 Å². The van der Waals surface area contributed by atoms with Crippen LogP contribution in [0.1, 0.15) is 0 Å². The summed E-state index contributed by atoms with van der Waals surface area (Å²) in [5, 5.41) is 4.06. The largest absolute Gasteiger partial charge is 0.354 e. The number of rotatable bonds is 4. The van der Waals surface area contributed by atoms with E-state index in [4.69, 9.17) is 11.6 Å². The van der Waals surface area contributed by atoms with E-state index < -0.39 is 0 Å². The molecule has 0 aliphatic rings. The summed E-state index contributed by atoms with van der Waals surface area (Å²) in [6.07, 6.45) is 0. The summed E-state index contributed by atoms with van der Waals surface area (Å²) in [5.41, 5.74) is 5.58. The summed E-state index contributed by atoms with van der Waals surface area (Å²) >= 11 is 6.46. The van der Waals surface area contributed by atoms with Crippen LogP contribution in [0.4, 0.5) is 15.8 Å². The van der Waals surface area contributed by atoms with Crippen molar-refractivity contribution in [2.75, 3.05) is 5.32 Å². The zero-order chi connectivity index (χ0) is 18.6. The molecule has 0 unspecified atom stereocenters. The molecule has 0 aliphatic carbocycles. The predicted molar refractivity (Wildman–Crippen MR) is 112 cm³/mol. The topological polar surface area (TPSA) is 12.0 Å². The normalized spacial score (nSPS) is 10.6. The van der Waals surface area contributed by atoms with Gasteiger partial charge in [0.15, 0.2) is 0 Å². The minimum atomic E-state index is -0.281. The van der Waals surface area contributed by atoms with Gasteiger partial charge in [0, 0.05) is 21.8 Å². The Hall–Kier alpha value is -3.10. The molecule has 4 aromatic carbocycles. The van der Waals surface area contributed by atoms with Crippen molar-refractivity contribution >= 4 is 23.0 Å². The first-order chi connectivity index (χ1) is 13.2. The highest BCUT2D eigenvalue weighted by atomic mass is 35.5. The quantitative estimate of drug-likeness (QED) is 0.389. The van der Waals surface area contributed by atoms with Crippen LogP contribution in [-0.2, 0) is 0 Å². The maximum atomic E-state index is 13.7. The summed E-state index contributed by atoms with van der Waals surface area (Å²) in [6, 6.07) is 30.4. The predicted octanol–water partition coefficient (Wildman–Crippen LogP) is 7.56. The van der Waals surface area contributed by atoms with Gasteiger partial charge in [0.2, 0.25) is 0 Å². The van der Waals surface area contributed by atoms with E-state index in [9.17, 15) is 4.39 Å². The fraction of sp³-hybridized carbons (Fsp3) is 0. The monoisotopic (exact) mass is 373 g/mol. The lowest BCUT2D eigenvalue weighted by atomic mass is 9.95. The molecule has 0 amide bonds. The van der Waals surface area contributed by atoms with Gasteiger partial charge >= 0.3 is 0 Å². The number of hydrogen-bond donors (Lipinski definition) is 1. The lowest BCUT2D eigenvalue weighted by Crippen LogP contribution is -1.97. The van der Waals surface area contributed by atoms with Gasteiger partial charge in [0.1, 0.15) is 5.82 Å². The third-order valence-electron chi connectivity index (χ3n) is 4.37. The van der Waals surface area contributed by atoms with E-state index in [1.165, 1.54) is 12.1 Å². The van der Waals surface area contributed by atoms with E-state index in [1.54, 1.807) is 6.07 Å². The van der Waals surface area contributed by atoms with Gasteiger partial charge in [-0.15, -0.1) is 0 Å². The number of benzene rings is 4. The molecule has 0 fully saturated rings. The van der Waals surface area contributed by atoms with E-state index in [0.29, 0.717) is 10.7 Å². The number of nitrogens with one attached hydrogen (secondary N) is 1. The highest BCUT2D eigenvalue weighted by Crippen LogP contribution is 2.41. The van der Waals surface area contributed by atoms with E-state index >= 15 is 0 Å². The van der Waals surface area contributed by atoms with Gasteiger partial charge in [-0.05, 0) is 41.5 Å². The lowest BCUT2D eigenvalue weighted by molar-refractivity contribution is 0.628. The average molecular weight is 374 g/mol. The molecule has 0 bridgehead atoms. The first-order valence-corrected chi connectivity index (χ1v) is 9.05. The van der Waals surface area contributed by atoms with Crippen molar-refractivity contribution in [3.8, 4) is 22.3 Å². The minimum absolute atomic E-state index is 0.281. The van der Waals surface area contributed by atoms with Crippen molar-refractivity contribution in [1.29, 1.82) is 0 Å². The first kappa shape index (κ1) is 17.3. The molecule has 0 spiro atoms. The van der Waals surface area contributed by atoms with Crippen molar-refractivity contribution in [1.82, 2.24) is 0 Å². The zero-order valence-electron chi connectivity index (χ0n) is 14.5. The maximum absolute atomic E-state index is 13.7.